The Hall–Kier alpha value is -4.96. The molecule has 0 amide bonds. The van der Waals surface area contributed by atoms with Crippen molar-refractivity contribution in [2.45, 2.75) is 83.0 Å². The molecule has 2 aliphatic rings. The monoisotopic (exact) mass is 911 g/mol. The average molecular weight is 912 g/mol. The van der Waals surface area contributed by atoms with E-state index in [1.165, 1.54) is 6.07 Å². The Balaban J connectivity index is 1.42. The van der Waals surface area contributed by atoms with Gasteiger partial charge in [-0.05, 0) is 107 Å². The summed E-state index contributed by atoms with van der Waals surface area (Å²) in [6, 6.07) is 27.0. The van der Waals surface area contributed by atoms with E-state index in [2.05, 4.69) is 88.1 Å². The summed E-state index contributed by atoms with van der Waals surface area (Å²) >= 11 is 0. The second kappa shape index (κ2) is 16.9. The molecule has 0 saturated heterocycles. The first kappa shape index (κ1) is 46.0. The van der Waals surface area contributed by atoms with Gasteiger partial charge in [-0.1, -0.05) is 94.4 Å². The van der Waals surface area contributed by atoms with Crippen LogP contribution in [0.25, 0.3) is 27.1 Å². The number of anilines is 1. The lowest BCUT2D eigenvalue weighted by Gasteiger charge is -2.27. The van der Waals surface area contributed by atoms with Gasteiger partial charge in [0.2, 0.25) is 5.69 Å². The minimum atomic E-state index is -4.55. The van der Waals surface area contributed by atoms with Crippen molar-refractivity contribution < 1.29 is 43.5 Å². The molecular weight excluding hydrogens is 857 g/mol. The molecule has 0 saturated carbocycles. The van der Waals surface area contributed by atoms with Crippen LogP contribution in [0, 0.1) is 6.92 Å². The molecule has 0 bridgehead atoms. The van der Waals surface area contributed by atoms with Crippen LogP contribution in [0.4, 0.5) is 11.4 Å². The molecule has 2 aliphatic heterocycles. The molecule has 0 aromatic heterocycles. The molecule has 63 heavy (non-hydrogen) atoms. The van der Waals surface area contributed by atoms with Crippen molar-refractivity contribution in [3.05, 3.63) is 143 Å². The molecule has 14 heteroatoms. The van der Waals surface area contributed by atoms with Crippen LogP contribution < -0.4 is 4.90 Å². The van der Waals surface area contributed by atoms with Crippen molar-refractivity contribution in [1.29, 1.82) is 0 Å². The number of rotatable bonds is 14. The van der Waals surface area contributed by atoms with Crippen LogP contribution in [0.15, 0.2) is 120 Å². The first-order chi connectivity index (χ1) is 29.4. The van der Waals surface area contributed by atoms with Gasteiger partial charge >= 0.3 is 0 Å². The molecule has 11 nitrogen and oxygen atoms in total. The summed E-state index contributed by atoms with van der Waals surface area (Å²) in [6.45, 7) is 15.3. The lowest BCUT2D eigenvalue weighted by atomic mass is 9.78. The Kier molecular flexibility index (Phi) is 12.3. The molecule has 2 heterocycles. The SMILES string of the molecule is Cc1cccc2c3c(ccc12)N(CCCS(=O)(=O)O)\C(=C/C=C(/C=C/C1=[N+](CCCS(=O)(=O)O)c2ccc4c(S(=O)(=O)O)cccc4c2C1(C)C)c1cccc(C(C)C)c1)C3(C)C. The highest BCUT2D eigenvalue weighted by molar-refractivity contribution is 7.86. The van der Waals surface area contributed by atoms with E-state index in [9.17, 15) is 38.9 Å². The number of fused-ring (bicyclic) bond motifs is 6. The predicted molar refractivity (Wildman–Crippen MR) is 253 cm³/mol. The zero-order valence-electron chi connectivity index (χ0n) is 36.6. The van der Waals surface area contributed by atoms with Crippen molar-refractivity contribution in [2.24, 2.45) is 0 Å². The van der Waals surface area contributed by atoms with Crippen LogP contribution in [0.2, 0.25) is 0 Å². The Morgan fingerprint density at radius 3 is 2.03 bits per heavy atom. The van der Waals surface area contributed by atoms with Gasteiger partial charge in [-0.3, -0.25) is 13.7 Å². The van der Waals surface area contributed by atoms with Gasteiger partial charge in [-0.25, -0.2) is 0 Å². The number of hydrogen-bond acceptors (Lipinski definition) is 7. The maximum absolute atomic E-state index is 12.5. The molecule has 0 spiro atoms. The molecule has 0 unspecified atom stereocenters. The molecule has 332 valence electrons. The number of allylic oxidation sites excluding steroid dienone is 6. The number of nitrogens with zero attached hydrogens (tertiary/aromatic N) is 2. The van der Waals surface area contributed by atoms with Crippen LogP contribution in [0.5, 0.6) is 0 Å². The highest BCUT2D eigenvalue weighted by Gasteiger charge is 2.46. The molecular formula is C49H55N2O9S3+. The highest BCUT2D eigenvalue weighted by Crippen LogP contribution is 2.51. The van der Waals surface area contributed by atoms with Gasteiger partial charge in [0.1, 0.15) is 11.4 Å². The third kappa shape index (κ3) is 9.20. The van der Waals surface area contributed by atoms with E-state index in [1.54, 1.807) is 18.2 Å². The van der Waals surface area contributed by atoms with E-state index in [0.29, 0.717) is 17.3 Å². The normalized spacial score (nSPS) is 17.2. The fourth-order valence-electron chi connectivity index (χ4n) is 9.55. The van der Waals surface area contributed by atoms with Gasteiger partial charge in [0, 0.05) is 52.9 Å². The fraction of sp³-hybridized carbons (Fsp3) is 0.327. The second-order valence-electron chi connectivity index (χ2n) is 17.9. The van der Waals surface area contributed by atoms with Crippen LogP contribution in [0.3, 0.4) is 0 Å². The Labute approximate surface area is 371 Å². The Morgan fingerprint density at radius 1 is 0.730 bits per heavy atom. The van der Waals surface area contributed by atoms with Crippen molar-refractivity contribution in [1.82, 2.24) is 0 Å². The first-order valence-electron chi connectivity index (χ1n) is 21.0. The molecule has 0 aliphatic carbocycles. The quantitative estimate of drug-likeness (QED) is 0.0554. The van der Waals surface area contributed by atoms with Crippen LogP contribution in [-0.2, 0) is 41.2 Å². The van der Waals surface area contributed by atoms with Crippen LogP contribution in [0.1, 0.15) is 88.1 Å². The maximum Gasteiger partial charge on any atom is 0.295 e. The molecule has 0 radical (unpaired) electrons. The maximum atomic E-state index is 12.5. The summed E-state index contributed by atoms with van der Waals surface area (Å²) in [5.74, 6) is -0.594. The molecule has 0 atom stereocenters. The van der Waals surface area contributed by atoms with E-state index < -0.39 is 46.9 Å². The van der Waals surface area contributed by atoms with Gasteiger partial charge in [0.25, 0.3) is 30.4 Å². The standard InChI is InChI=1S/C49H54N2O9S3/c1-32(2)35-14-9-15-36(31-35)34(19-25-44-48(4,5)46-39-16-8-13-33(3)37(39)21-23-41(46)50(44)27-11-29-61(52,53)54)20-26-45-49(6,7)47-40-17-10-18-43(63(58,59)60)38(40)22-24-42(47)51(45)28-12-30-62(55,56)57/h8-10,13-26,31-32H,11-12,27-30H2,1-7H3,(H2-,52,53,54,55,56,57,58,59,60)/p+1. The predicted octanol–water partition coefficient (Wildman–Crippen LogP) is 9.93. The topological polar surface area (TPSA) is 169 Å². The number of hydrogen-bond donors (Lipinski definition) is 3. The molecule has 5 aromatic rings. The van der Waals surface area contributed by atoms with E-state index >= 15 is 0 Å². The lowest BCUT2D eigenvalue weighted by molar-refractivity contribution is -0.437. The fourth-order valence-corrected chi connectivity index (χ4v) is 11.2. The minimum absolute atomic E-state index is 0.108. The zero-order chi connectivity index (χ0) is 45.9. The average Bonchev–Trinajstić information content (AvgIpc) is 3.54. The summed E-state index contributed by atoms with van der Waals surface area (Å²) < 4.78 is 104. The van der Waals surface area contributed by atoms with E-state index in [0.717, 1.165) is 66.9 Å². The van der Waals surface area contributed by atoms with Crippen LogP contribution >= 0.6 is 0 Å². The minimum Gasteiger partial charge on any atom is -0.344 e. The largest absolute Gasteiger partial charge is 0.344 e. The van der Waals surface area contributed by atoms with Gasteiger partial charge < -0.3 is 4.90 Å². The summed E-state index contributed by atoms with van der Waals surface area (Å²) in [5.41, 5.74) is 8.19. The van der Waals surface area contributed by atoms with Gasteiger partial charge in [0.05, 0.1) is 16.9 Å². The molecule has 0 fully saturated rings. The summed E-state index contributed by atoms with van der Waals surface area (Å²) in [4.78, 5) is 1.94. The molecule has 3 N–H and O–H groups in total. The lowest BCUT2D eigenvalue weighted by Crippen LogP contribution is -2.28. The van der Waals surface area contributed by atoms with E-state index in [-0.39, 0.29) is 36.0 Å². The molecule has 7 rings (SSSR count). The number of aryl methyl sites for hydroxylation is 1. The van der Waals surface area contributed by atoms with Gasteiger partial charge in [-0.2, -0.15) is 29.8 Å². The molecule has 5 aromatic carbocycles. The van der Waals surface area contributed by atoms with Crippen molar-refractivity contribution in [3.8, 4) is 0 Å². The van der Waals surface area contributed by atoms with E-state index in [1.807, 2.05) is 54.8 Å². The zero-order valence-corrected chi connectivity index (χ0v) is 39.1. The summed E-state index contributed by atoms with van der Waals surface area (Å²) in [6.07, 6.45) is 8.49. The Bertz CT molecular complexity index is 3140. The third-order valence-electron chi connectivity index (χ3n) is 12.5. The smallest absolute Gasteiger partial charge is 0.295 e. The van der Waals surface area contributed by atoms with Gasteiger partial charge in [-0.15, -0.1) is 0 Å². The van der Waals surface area contributed by atoms with E-state index in [4.69, 9.17) is 0 Å². The van der Waals surface area contributed by atoms with Crippen molar-refractivity contribution in [3.63, 3.8) is 0 Å². The van der Waals surface area contributed by atoms with Gasteiger partial charge in [0.15, 0.2) is 5.71 Å². The second-order valence-corrected chi connectivity index (χ2v) is 22.5. The first-order valence-corrected chi connectivity index (χ1v) is 25.7. The van der Waals surface area contributed by atoms with Crippen molar-refractivity contribution in [2.75, 3.05) is 29.5 Å². The highest BCUT2D eigenvalue weighted by atomic mass is 32.2. The Morgan fingerprint density at radius 2 is 1.37 bits per heavy atom. The number of benzene rings is 5. The summed E-state index contributed by atoms with van der Waals surface area (Å²) in [5, 5.41) is 3.23. The van der Waals surface area contributed by atoms with Crippen LogP contribution in [-0.4, -0.2) is 73.8 Å². The third-order valence-corrected chi connectivity index (χ3v) is 15.0. The van der Waals surface area contributed by atoms with Crippen molar-refractivity contribution >= 4 is 74.6 Å². The summed E-state index contributed by atoms with van der Waals surface area (Å²) in [7, 11) is -13.0.